The minimum absolute atomic E-state index is 0. The van der Waals surface area contributed by atoms with Gasteiger partial charge in [-0.1, -0.05) is 42.3 Å². The van der Waals surface area contributed by atoms with E-state index >= 15 is 14.4 Å². The first kappa shape index (κ1) is 105. The third-order valence-electron chi connectivity index (χ3n) is 21.7. The SMILES string of the molecule is CC[C@H]1O[C@@H](n2cnc3c(N)ncnc32)[C@@H](OCCOC)C1OP([O-])(=S)OC[C@H]1O[C@@H](n2cnc3c(=O)[nH]c(N)nc32)[C@@H](OCCOC)C1OP(=O)([S-])OC[C@H]1O[C@@H](n2cc(C)c(=O)[nH]c2=O)[C@@H](OCCOC)C1OP([O-])(=S)OC[C@]12O[C@@H](n3cc(C)c(N)nc3=O)[C@@H](O[C@H]1C)C2OP([O-])(=S)OC[C@]12O[C@@H](n3cnc4c(=O)[nH]c(C)nc43)[C@@H](O[C@H]1C)C2O.[Na+].[Na+].[Na+].[Na+]. The number of imidazole rings is 3. The van der Waals surface area contributed by atoms with Crippen LogP contribution in [0, 0.1) is 20.8 Å². The number of ether oxygens (including phenoxy) is 13. The normalized spacial score (nSPS) is 31.4. The smallest absolute Gasteiger partial charge is 0.780 e. The third kappa shape index (κ3) is 21.5. The van der Waals surface area contributed by atoms with Crippen molar-refractivity contribution in [3.05, 3.63) is 107 Å². The molecule has 7 fully saturated rings. The van der Waals surface area contributed by atoms with Crippen molar-refractivity contribution >= 4 is 126 Å². The van der Waals surface area contributed by atoms with E-state index in [4.69, 9.17) is 163 Å². The first-order valence-corrected chi connectivity index (χ1v) is 48.1. The summed E-state index contributed by atoms with van der Waals surface area (Å²) in [6.07, 6.45) is -20.9. The van der Waals surface area contributed by atoms with E-state index in [-0.39, 0.29) is 232 Å². The standard InChI is InChI=1S/C65H89N19O31P4S4.4Na/c1-10-32-38(41(98-14-11-95-7)57(107-32)82-24-71-35-49(67)69-23-70-50(35)82)112-116(91,120)101-20-34-40(43(100-16-13-97-9)58(109-34)83-25-72-37-52(83)77-61(68)78-55(37)88)113-117(92,121)102-19-33-39(42(99-15-12-96-8)56(108-33)80-18-28(3)53(86)79-63(80)90)114-118(93,122)104-22-65-30(5)106-45(60(111-65)81-17-27(2)48(66)76-62(81)89)47(65)115-119(94,123)103-21-64-29(4)105-44(46(64)85)59(110-64)84-26-73-36-51(84)74-31(6)75-54(36)87;;;;/h17-18,23-26,29-30,32-34,38-47,56-60,85H,10-16,19-22H2,1-9H3,(H,91,120)(H,92,121)(H,93,122)(H,94,123)(H2,66,76,89)(H2,67,69,70)(H,74,75,87)(H,79,86,90)(H3,68,77,78,88);;;;/q;4*+1/p-4/t29-,30-,32+,33+,34+,38?,39?,40?,41-,42-,43-,44-,45-,46?,47?,56+,57+,58+,59+,60+,64-,65-,116?,117?,118?,119?;;;;/m0..../s1. The van der Waals surface area contributed by atoms with E-state index in [1.54, 1.807) is 27.7 Å². The molecule has 10 N–H and O–H groups in total. The molecule has 8 aromatic rings. The molecule has 9 unspecified atom stereocenters. The van der Waals surface area contributed by atoms with E-state index in [0.717, 1.165) is 21.7 Å². The molecule has 8 aromatic heterocycles. The Morgan fingerprint density at radius 2 is 0.992 bits per heavy atom. The zero-order chi connectivity index (χ0) is 87.9. The van der Waals surface area contributed by atoms with E-state index in [2.05, 4.69) is 54.8 Å². The van der Waals surface area contributed by atoms with Gasteiger partial charge in [0.05, 0.1) is 103 Å². The first-order chi connectivity index (χ1) is 58.4. The molecule has 15 heterocycles. The second-order valence-electron chi connectivity index (χ2n) is 29.4. The van der Waals surface area contributed by atoms with E-state index in [1.165, 1.54) is 74.1 Å². The molecule has 15 rings (SSSR count). The summed E-state index contributed by atoms with van der Waals surface area (Å²) >= 11 is 22.7. The molecule has 0 aliphatic carbocycles. The number of fused-ring (bicyclic) bond motifs is 7. The number of aliphatic hydroxyl groups excluding tert-OH is 1. The van der Waals surface area contributed by atoms with Crippen LogP contribution in [0.1, 0.15) is 75.3 Å². The van der Waals surface area contributed by atoms with Gasteiger partial charge in [-0.3, -0.25) is 51.8 Å². The summed E-state index contributed by atoms with van der Waals surface area (Å²) in [7, 11) is 4.17. The number of nitrogen functional groups attached to an aromatic ring is 3. The molecule has 0 amide bonds. The van der Waals surface area contributed by atoms with Crippen LogP contribution < -0.4 is 178 Å². The van der Waals surface area contributed by atoms with Gasteiger partial charge in [0.25, 0.3) is 16.7 Å². The number of aromatic nitrogens is 16. The van der Waals surface area contributed by atoms with Gasteiger partial charge in [-0.2, -0.15) is 9.97 Å². The summed E-state index contributed by atoms with van der Waals surface area (Å²) in [6.45, 7) is -15.5. The molecule has 127 heavy (non-hydrogen) atoms. The van der Waals surface area contributed by atoms with Crippen molar-refractivity contribution in [2.24, 2.45) is 0 Å². The van der Waals surface area contributed by atoms with Crippen molar-refractivity contribution in [1.82, 2.24) is 77.7 Å². The van der Waals surface area contributed by atoms with Gasteiger partial charge in [0.15, 0.2) is 71.7 Å². The largest absolute Gasteiger partial charge is 1.00 e. The minimum atomic E-state index is -5.27. The van der Waals surface area contributed by atoms with Crippen LogP contribution in [0.5, 0.6) is 0 Å². The van der Waals surface area contributed by atoms with Crippen LogP contribution in [0.25, 0.3) is 33.5 Å². The Hall–Kier alpha value is -2.26. The number of aryl methyl sites for hydroxylation is 3. The molecule has 7 aliphatic rings. The predicted molar refractivity (Wildman–Crippen MR) is 427 cm³/mol. The number of nitrogens with one attached hydrogen (secondary N) is 3. The van der Waals surface area contributed by atoms with Gasteiger partial charge in [-0.05, 0) is 41.0 Å². The number of rotatable bonds is 38. The first-order valence-electron chi connectivity index (χ1n) is 37.9. The minimum Gasteiger partial charge on any atom is -0.780 e. The number of anilines is 3. The maximum absolute atomic E-state index is 15.6. The van der Waals surface area contributed by atoms with Crippen molar-refractivity contribution < 1.29 is 240 Å². The fourth-order valence-corrected chi connectivity index (χ4v) is 21.4. The number of aliphatic hydroxyl groups is 1. The monoisotopic (exact) mass is 1970 g/mol. The number of nitrogens with two attached hydrogens (primary N) is 3. The fourth-order valence-electron chi connectivity index (χ4n) is 15.7. The van der Waals surface area contributed by atoms with Gasteiger partial charge < -0.3 is 152 Å². The molecule has 0 aromatic carbocycles. The summed E-state index contributed by atoms with van der Waals surface area (Å²) in [5, 5.41) is 11.9. The van der Waals surface area contributed by atoms with Gasteiger partial charge in [-0.15, -0.1) is 0 Å². The summed E-state index contributed by atoms with van der Waals surface area (Å²) in [5.74, 6) is -0.166. The fraction of sp³-hybridized carbons (Fsp3) is 0.646. The van der Waals surface area contributed by atoms with Crippen LogP contribution in [0.4, 0.5) is 17.6 Å². The van der Waals surface area contributed by atoms with Crippen LogP contribution in [0.15, 0.2) is 61.7 Å². The predicted octanol–water partition coefficient (Wildman–Crippen LogP) is -14.7. The molecule has 4 bridgehead atoms. The maximum Gasteiger partial charge on any atom is 1.00 e. The van der Waals surface area contributed by atoms with Crippen molar-refractivity contribution in [2.75, 3.05) is 105 Å². The van der Waals surface area contributed by atoms with E-state index in [9.17, 15) is 34.0 Å². The average molecular weight is 1970 g/mol. The Morgan fingerprint density at radius 3 is 1.59 bits per heavy atom. The topological polar surface area (TPSA) is 639 Å². The molecule has 26 atom stereocenters. The van der Waals surface area contributed by atoms with Gasteiger partial charge in [0.1, 0.15) is 128 Å². The summed E-state index contributed by atoms with van der Waals surface area (Å²) in [4.78, 5) is 154. The molecular formula is C65H85N19Na4O31P4S4. The number of methoxy groups -OCH3 is 3. The molecule has 674 valence electrons. The molecule has 50 nitrogen and oxygen atoms in total. The van der Waals surface area contributed by atoms with Crippen LogP contribution in [0.3, 0.4) is 0 Å². The van der Waals surface area contributed by atoms with Crippen molar-refractivity contribution in [2.45, 2.75) is 182 Å². The van der Waals surface area contributed by atoms with Crippen molar-refractivity contribution in [3.63, 3.8) is 0 Å². The van der Waals surface area contributed by atoms with Crippen molar-refractivity contribution in [1.29, 1.82) is 0 Å². The molecule has 0 spiro atoms. The molecule has 7 saturated heterocycles. The number of aromatic amines is 3. The molecule has 0 saturated carbocycles. The number of hydrogen-bond acceptors (Lipinski definition) is 46. The second-order valence-corrected chi connectivity index (χ2v) is 40.2. The summed E-state index contributed by atoms with van der Waals surface area (Å²) in [5.41, 5.74) is 10.6. The molecule has 7 aliphatic heterocycles. The molecular weight excluding hydrogens is 1890 g/mol. The Morgan fingerprint density at radius 1 is 0.520 bits per heavy atom. The zero-order valence-electron chi connectivity index (χ0n) is 70.5. The Balaban J connectivity index is 0.00000391. The van der Waals surface area contributed by atoms with Crippen LogP contribution >= 0.6 is 27.0 Å². The quantitative estimate of drug-likeness (QED) is 0.00818. The summed E-state index contributed by atoms with van der Waals surface area (Å²) in [6, 6.07) is 0. The van der Waals surface area contributed by atoms with Crippen LogP contribution in [-0.4, -0.2) is 273 Å². The third-order valence-corrected chi connectivity index (χ3v) is 27.9. The van der Waals surface area contributed by atoms with Crippen molar-refractivity contribution in [3.8, 4) is 0 Å². The second kappa shape index (κ2) is 42.8. The maximum atomic E-state index is 15.6. The van der Waals surface area contributed by atoms with Gasteiger partial charge in [-0.25, -0.2) is 39.5 Å². The van der Waals surface area contributed by atoms with Crippen LogP contribution in [-0.2, 0) is 150 Å². The van der Waals surface area contributed by atoms with E-state index in [0.29, 0.717) is 0 Å². The zero-order valence-corrected chi connectivity index (χ0v) is 85.3. The van der Waals surface area contributed by atoms with E-state index < -0.39 is 215 Å². The Bertz CT molecular complexity index is 5800. The average Bonchev–Trinajstić information content (AvgIpc) is 1.55. The van der Waals surface area contributed by atoms with Gasteiger partial charge in [0, 0.05) is 44.8 Å². The molecule has 62 heteroatoms. The van der Waals surface area contributed by atoms with Gasteiger partial charge in [0.2, 0.25) is 5.95 Å². The molecule has 0 radical (unpaired) electrons. The Kier molecular flexibility index (Phi) is 35.4. The summed E-state index contributed by atoms with van der Waals surface area (Å²) < 4.78 is 152. The Labute approximate surface area is 828 Å². The van der Waals surface area contributed by atoms with E-state index in [1.807, 2.05) is 0 Å². The number of H-pyrrole nitrogens is 3. The van der Waals surface area contributed by atoms with Crippen LogP contribution in [0.2, 0.25) is 0 Å². The van der Waals surface area contributed by atoms with Gasteiger partial charge >= 0.3 is 130 Å². The number of nitrogens with zero attached hydrogens (tertiary/aromatic N) is 13. The number of hydrogen-bond donors (Lipinski definition) is 7.